The summed E-state index contributed by atoms with van der Waals surface area (Å²) in [6, 6.07) is 11.6. The number of ketones is 1. The van der Waals surface area contributed by atoms with Crippen LogP contribution in [-0.2, 0) is 9.53 Å². The van der Waals surface area contributed by atoms with Gasteiger partial charge in [-0.25, -0.2) is 4.39 Å². The van der Waals surface area contributed by atoms with E-state index < -0.39 is 17.5 Å². The number of aromatic amines is 1. The molecule has 144 valence electrons. The van der Waals surface area contributed by atoms with Crippen LogP contribution in [0, 0.1) is 12.7 Å². The molecule has 1 fully saturated rings. The van der Waals surface area contributed by atoms with Crippen LogP contribution in [0.4, 0.5) is 15.8 Å². The molecule has 0 spiro atoms. The van der Waals surface area contributed by atoms with Gasteiger partial charge >= 0.3 is 0 Å². The molecule has 6 nitrogen and oxygen atoms in total. The van der Waals surface area contributed by atoms with Crippen LogP contribution in [0.25, 0.3) is 10.9 Å². The standard InChI is InChI=1S/C21H20FN3O3/c1-13-19(17-4-2-3-5-18(17)23-13)20(26)21(27)24-15-10-14(22)11-16(12-15)25-6-8-28-9-7-25/h2-5,10-12,23H,6-9H2,1H3,(H,24,27). The fraction of sp³-hybridized carbons (Fsp3) is 0.238. The lowest BCUT2D eigenvalue weighted by molar-refractivity contribution is -0.112. The van der Waals surface area contributed by atoms with Crippen molar-refractivity contribution >= 4 is 34.0 Å². The van der Waals surface area contributed by atoms with Crippen LogP contribution in [0.1, 0.15) is 16.1 Å². The number of Topliss-reactive ketones (excluding diaryl/α,β-unsaturated/α-hetero) is 1. The maximum Gasteiger partial charge on any atom is 0.296 e. The van der Waals surface area contributed by atoms with Crippen LogP contribution in [0.15, 0.2) is 42.5 Å². The number of aryl methyl sites for hydroxylation is 1. The number of anilines is 2. The quantitative estimate of drug-likeness (QED) is 0.537. The molecule has 2 heterocycles. The van der Waals surface area contributed by atoms with Gasteiger partial charge in [0.25, 0.3) is 11.7 Å². The summed E-state index contributed by atoms with van der Waals surface area (Å²) >= 11 is 0. The van der Waals surface area contributed by atoms with E-state index in [9.17, 15) is 14.0 Å². The van der Waals surface area contributed by atoms with E-state index in [1.807, 2.05) is 23.1 Å². The van der Waals surface area contributed by atoms with Gasteiger partial charge in [-0.3, -0.25) is 9.59 Å². The van der Waals surface area contributed by atoms with Gasteiger partial charge in [0.05, 0.1) is 18.8 Å². The second-order valence-corrected chi connectivity index (χ2v) is 6.75. The van der Waals surface area contributed by atoms with Crippen molar-refractivity contribution in [1.29, 1.82) is 0 Å². The molecule has 1 aromatic heterocycles. The normalized spacial score (nSPS) is 14.3. The van der Waals surface area contributed by atoms with Gasteiger partial charge in [-0.15, -0.1) is 0 Å². The number of hydrogen-bond donors (Lipinski definition) is 2. The highest BCUT2D eigenvalue weighted by Gasteiger charge is 2.23. The van der Waals surface area contributed by atoms with Crippen LogP contribution in [0.3, 0.4) is 0 Å². The first-order valence-electron chi connectivity index (χ1n) is 9.09. The Bertz CT molecular complexity index is 1050. The van der Waals surface area contributed by atoms with Crippen molar-refractivity contribution in [1.82, 2.24) is 4.98 Å². The van der Waals surface area contributed by atoms with E-state index in [-0.39, 0.29) is 5.69 Å². The minimum atomic E-state index is -0.800. The van der Waals surface area contributed by atoms with E-state index in [0.29, 0.717) is 48.6 Å². The molecule has 28 heavy (non-hydrogen) atoms. The van der Waals surface area contributed by atoms with Crippen molar-refractivity contribution < 1.29 is 18.7 Å². The zero-order valence-corrected chi connectivity index (χ0v) is 15.4. The van der Waals surface area contributed by atoms with E-state index in [1.54, 1.807) is 19.1 Å². The summed E-state index contributed by atoms with van der Waals surface area (Å²) in [7, 11) is 0. The molecular formula is C21H20FN3O3. The lowest BCUT2D eigenvalue weighted by Crippen LogP contribution is -2.36. The highest BCUT2D eigenvalue weighted by molar-refractivity contribution is 6.48. The summed E-state index contributed by atoms with van der Waals surface area (Å²) in [5.74, 6) is -1.94. The van der Waals surface area contributed by atoms with Crippen LogP contribution in [0.2, 0.25) is 0 Å². The molecule has 1 aliphatic heterocycles. The number of ether oxygens (including phenoxy) is 1. The largest absolute Gasteiger partial charge is 0.378 e. The lowest BCUT2D eigenvalue weighted by Gasteiger charge is -2.29. The molecule has 3 aromatic rings. The number of benzene rings is 2. The molecule has 0 unspecified atom stereocenters. The number of carbonyl (C=O) groups excluding carboxylic acids is 2. The number of amides is 1. The zero-order chi connectivity index (χ0) is 19.7. The first-order chi connectivity index (χ1) is 13.5. The Morgan fingerprint density at radius 3 is 2.68 bits per heavy atom. The number of aromatic nitrogens is 1. The second-order valence-electron chi connectivity index (χ2n) is 6.75. The third kappa shape index (κ3) is 3.48. The number of H-pyrrole nitrogens is 1. The SMILES string of the molecule is Cc1[nH]c2ccccc2c1C(=O)C(=O)Nc1cc(F)cc(N2CCOCC2)c1. The fourth-order valence-corrected chi connectivity index (χ4v) is 3.52. The van der Waals surface area contributed by atoms with Gasteiger partial charge in [-0.05, 0) is 31.2 Å². The number of morpholine rings is 1. The molecule has 0 radical (unpaired) electrons. The average molecular weight is 381 g/mol. The number of rotatable bonds is 4. The third-order valence-corrected chi connectivity index (χ3v) is 4.84. The van der Waals surface area contributed by atoms with Gasteiger partial charge in [0.2, 0.25) is 0 Å². The predicted molar refractivity (Wildman–Crippen MR) is 105 cm³/mol. The van der Waals surface area contributed by atoms with Crippen molar-refractivity contribution in [2.24, 2.45) is 0 Å². The molecule has 7 heteroatoms. The first kappa shape index (κ1) is 18.2. The van der Waals surface area contributed by atoms with Gasteiger partial charge in [-0.1, -0.05) is 18.2 Å². The van der Waals surface area contributed by atoms with E-state index in [2.05, 4.69) is 10.3 Å². The number of fused-ring (bicyclic) bond motifs is 1. The van der Waals surface area contributed by atoms with E-state index in [4.69, 9.17) is 4.74 Å². The van der Waals surface area contributed by atoms with E-state index >= 15 is 0 Å². The Labute approximate surface area is 161 Å². The topological polar surface area (TPSA) is 74.4 Å². The Morgan fingerprint density at radius 2 is 1.89 bits per heavy atom. The summed E-state index contributed by atoms with van der Waals surface area (Å²) in [5, 5.41) is 3.23. The van der Waals surface area contributed by atoms with Crippen molar-refractivity contribution in [2.75, 3.05) is 36.5 Å². The molecular weight excluding hydrogens is 361 g/mol. The Morgan fingerprint density at radius 1 is 1.14 bits per heavy atom. The highest BCUT2D eigenvalue weighted by atomic mass is 19.1. The van der Waals surface area contributed by atoms with Crippen LogP contribution in [0.5, 0.6) is 0 Å². The highest BCUT2D eigenvalue weighted by Crippen LogP contribution is 2.25. The monoisotopic (exact) mass is 381 g/mol. The summed E-state index contributed by atoms with van der Waals surface area (Å²) in [5.41, 5.74) is 2.63. The van der Waals surface area contributed by atoms with E-state index in [0.717, 1.165) is 5.52 Å². The molecule has 0 bridgehead atoms. The molecule has 4 rings (SSSR count). The summed E-state index contributed by atoms with van der Waals surface area (Å²) < 4.78 is 19.4. The van der Waals surface area contributed by atoms with Gasteiger partial charge in [0.1, 0.15) is 5.82 Å². The molecule has 0 atom stereocenters. The summed E-state index contributed by atoms with van der Waals surface area (Å²) in [4.78, 5) is 30.4. The van der Waals surface area contributed by atoms with Crippen LogP contribution in [-0.4, -0.2) is 43.0 Å². The van der Waals surface area contributed by atoms with Gasteiger partial charge in [-0.2, -0.15) is 0 Å². The maximum atomic E-state index is 14.1. The van der Waals surface area contributed by atoms with Crippen LogP contribution >= 0.6 is 0 Å². The van der Waals surface area contributed by atoms with Gasteiger partial charge < -0.3 is 19.9 Å². The number of hydrogen-bond acceptors (Lipinski definition) is 4. The first-order valence-corrected chi connectivity index (χ1v) is 9.09. The van der Waals surface area contributed by atoms with Crippen molar-refractivity contribution in [2.45, 2.75) is 6.92 Å². The summed E-state index contributed by atoms with van der Waals surface area (Å²) in [6.07, 6.45) is 0. The smallest absolute Gasteiger partial charge is 0.296 e. The Hall–Kier alpha value is -3.19. The Balaban J connectivity index is 1.58. The minimum absolute atomic E-state index is 0.248. The summed E-state index contributed by atoms with van der Waals surface area (Å²) in [6.45, 7) is 4.17. The molecule has 0 aliphatic carbocycles. The number of nitrogens with zero attached hydrogens (tertiary/aromatic N) is 1. The zero-order valence-electron chi connectivity index (χ0n) is 15.4. The maximum absolute atomic E-state index is 14.1. The fourth-order valence-electron chi connectivity index (χ4n) is 3.52. The number of halogens is 1. The Kier molecular flexibility index (Phi) is 4.83. The molecule has 1 saturated heterocycles. The van der Waals surface area contributed by atoms with Gasteiger partial charge in [0.15, 0.2) is 0 Å². The van der Waals surface area contributed by atoms with Crippen LogP contribution < -0.4 is 10.2 Å². The second kappa shape index (κ2) is 7.44. The van der Waals surface area contributed by atoms with E-state index in [1.165, 1.54) is 12.1 Å². The molecule has 1 aliphatic rings. The van der Waals surface area contributed by atoms with Crippen molar-refractivity contribution in [3.05, 3.63) is 59.5 Å². The number of carbonyl (C=O) groups is 2. The minimum Gasteiger partial charge on any atom is -0.378 e. The molecule has 1 amide bonds. The molecule has 0 saturated carbocycles. The van der Waals surface area contributed by atoms with Gasteiger partial charge in [0, 0.05) is 41.1 Å². The van der Waals surface area contributed by atoms with Crippen molar-refractivity contribution in [3.63, 3.8) is 0 Å². The molecule has 2 aromatic carbocycles. The van der Waals surface area contributed by atoms with Crippen molar-refractivity contribution in [3.8, 4) is 0 Å². The predicted octanol–water partition coefficient (Wildman–Crippen LogP) is 3.27. The number of para-hydroxylation sites is 1. The number of nitrogens with one attached hydrogen (secondary N) is 2. The average Bonchev–Trinajstić information content (AvgIpc) is 3.03. The lowest BCUT2D eigenvalue weighted by atomic mass is 10.1. The third-order valence-electron chi connectivity index (χ3n) is 4.84. The molecule has 2 N–H and O–H groups in total.